The molecule has 4 aliphatic rings. The quantitative estimate of drug-likeness (QED) is 0.195. The first kappa shape index (κ1) is 33.1. The van der Waals surface area contributed by atoms with Crippen LogP contribution in [0, 0.1) is 40.4 Å². The fourth-order valence-electron chi connectivity index (χ4n) is 10.1. The van der Waals surface area contributed by atoms with Crippen LogP contribution in [0.5, 0.6) is 0 Å². The number of carbonyl (C=O) groups is 2. The minimum Gasteiger partial charge on any atom is -0.466 e. The Bertz CT molecular complexity index is 1200. The molecule has 0 N–H and O–H groups in total. The van der Waals surface area contributed by atoms with Crippen molar-refractivity contribution in [3.63, 3.8) is 0 Å². The summed E-state index contributed by atoms with van der Waals surface area (Å²) in [5.74, 6) is 1.47. The molecule has 3 fully saturated rings. The van der Waals surface area contributed by atoms with Gasteiger partial charge in [-0.15, -0.1) is 0 Å². The monoisotopic (exact) mass is 614 g/mol. The Morgan fingerprint density at radius 1 is 0.977 bits per heavy atom. The van der Waals surface area contributed by atoms with Crippen LogP contribution >= 0.6 is 0 Å². The van der Waals surface area contributed by atoms with Gasteiger partial charge in [-0.3, -0.25) is 0 Å². The molecule has 3 saturated carbocycles. The summed E-state index contributed by atoms with van der Waals surface area (Å²) in [5, 5.41) is 0. The van der Waals surface area contributed by atoms with E-state index in [4.69, 9.17) is 14.2 Å². The third-order valence-corrected chi connectivity index (χ3v) is 12.4. The third kappa shape index (κ3) is 6.24. The van der Waals surface area contributed by atoms with Gasteiger partial charge >= 0.3 is 11.9 Å². The standard InChI is InChI=1S/C37H52F2O5/c1-22(20-32(35(41)42-6)44-34(40)25-10-8-7-9-11-25)29-14-15-30-28-13-12-26-21-27(43-24(3)33(39)23(2)38)16-18-36(26,4)31(28)17-19-37(29,30)5/h7-12,22-24,27-33H,13-21H2,1-6H3/t22-,23?,24?,27+,28+,29-,30+,31+,32?,33?,36+,37-/m1/s1. The average molecular weight is 615 g/mol. The Morgan fingerprint density at radius 3 is 2.39 bits per heavy atom. The molecule has 0 amide bonds. The molecule has 4 unspecified atom stereocenters. The van der Waals surface area contributed by atoms with E-state index in [1.807, 2.05) is 6.07 Å². The van der Waals surface area contributed by atoms with Gasteiger partial charge in [0, 0.05) is 0 Å². The Labute approximate surface area is 262 Å². The lowest BCUT2D eigenvalue weighted by Crippen LogP contribution is -2.51. The van der Waals surface area contributed by atoms with Crippen LogP contribution in [0.2, 0.25) is 0 Å². The Kier molecular flexibility index (Phi) is 9.94. The van der Waals surface area contributed by atoms with Crippen LogP contribution < -0.4 is 0 Å². The number of benzene rings is 1. The second-order valence-corrected chi connectivity index (χ2v) is 14.8. The summed E-state index contributed by atoms with van der Waals surface area (Å²) in [6, 6.07) is 8.78. The van der Waals surface area contributed by atoms with Gasteiger partial charge in [0.15, 0.2) is 12.3 Å². The van der Waals surface area contributed by atoms with E-state index in [0.29, 0.717) is 35.7 Å². The first-order valence-corrected chi connectivity index (χ1v) is 16.9. The van der Waals surface area contributed by atoms with Crippen LogP contribution in [0.1, 0.15) is 103 Å². The van der Waals surface area contributed by atoms with Crippen molar-refractivity contribution in [2.45, 2.75) is 123 Å². The summed E-state index contributed by atoms with van der Waals surface area (Å²) in [6.45, 7) is 10.0. The van der Waals surface area contributed by atoms with Gasteiger partial charge in [-0.1, -0.05) is 50.6 Å². The van der Waals surface area contributed by atoms with E-state index in [1.165, 1.54) is 32.4 Å². The predicted molar refractivity (Wildman–Crippen MR) is 166 cm³/mol. The predicted octanol–water partition coefficient (Wildman–Crippen LogP) is 8.46. The Morgan fingerprint density at radius 2 is 1.70 bits per heavy atom. The number of carbonyl (C=O) groups excluding carboxylic acids is 2. The highest BCUT2D eigenvalue weighted by atomic mass is 19.2. The molecular formula is C37H52F2O5. The second-order valence-electron chi connectivity index (χ2n) is 14.8. The maximum Gasteiger partial charge on any atom is 0.347 e. The molecule has 5 nitrogen and oxygen atoms in total. The molecule has 0 radical (unpaired) electrons. The second kappa shape index (κ2) is 13.2. The molecular weight excluding hydrogens is 562 g/mol. The zero-order chi connectivity index (χ0) is 31.8. The van der Waals surface area contributed by atoms with Gasteiger partial charge in [-0.05, 0) is 124 Å². The van der Waals surface area contributed by atoms with Crippen molar-refractivity contribution in [1.82, 2.24) is 0 Å². The van der Waals surface area contributed by atoms with Crippen molar-refractivity contribution >= 4 is 11.9 Å². The number of halogens is 2. The fourth-order valence-corrected chi connectivity index (χ4v) is 10.1. The van der Waals surface area contributed by atoms with Gasteiger partial charge < -0.3 is 14.2 Å². The molecule has 7 heteroatoms. The molecule has 1 aromatic carbocycles. The number of alkyl halides is 2. The number of ether oxygens (including phenoxy) is 3. The minimum absolute atomic E-state index is 0.0535. The molecule has 0 heterocycles. The Balaban J connectivity index is 1.26. The normalized spacial score (nSPS) is 36.4. The van der Waals surface area contributed by atoms with Crippen LogP contribution in [0.15, 0.2) is 42.0 Å². The number of methoxy groups -OCH3 is 1. The van der Waals surface area contributed by atoms with E-state index in [1.54, 1.807) is 31.2 Å². The van der Waals surface area contributed by atoms with Crippen LogP contribution in [-0.2, 0) is 19.0 Å². The fraction of sp³-hybridized carbons (Fsp3) is 0.730. The van der Waals surface area contributed by atoms with Crippen molar-refractivity contribution in [3.8, 4) is 0 Å². The van der Waals surface area contributed by atoms with Gasteiger partial charge in [0.25, 0.3) is 0 Å². The molecule has 0 saturated heterocycles. The summed E-state index contributed by atoms with van der Waals surface area (Å²) in [4.78, 5) is 25.6. The maximum atomic E-state index is 14.2. The lowest BCUT2D eigenvalue weighted by molar-refractivity contribution is -0.152. The number of rotatable bonds is 10. The van der Waals surface area contributed by atoms with Crippen molar-refractivity contribution in [1.29, 1.82) is 0 Å². The Hall–Kier alpha value is -2.28. The van der Waals surface area contributed by atoms with Gasteiger partial charge in [0.1, 0.15) is 6.17 Å². The van der Waals surface area contributed by atoms with E-state index in [2.05, 4.69) is 26.8 Å². The molecule has 244 valence electrons. The zero-order valence-corrected chi connectivity index (χ0v) is 27.4. The molecule has 0 spiro atoms. The smallest absolute Gasteiger partial charge is 0.347 e. The highest BCUT2D eigenvalue weighted by Crippen LogP contribution is 2.67. The topological polar surface area (TPSA) is 61.8 Å². The van der Waals surface area contributed by atoms with E-state index < -0.39 is 36.5 Å². The minimum atomic E-state index is -1.60. The van der Waals surface area contributed by atoms with Gasteiger partial charge in [-0.2, -0.15) is 0 Å². The maximum absolute atomic E-state index is 14.2. The van der Waals surface area contributed by atoms with Crippen molar-refractivity contribution in [2.75, 3.05) is 7.11 Å². The summed E-state index contributed by atoms with van der Waals surface area (Å²) in [6.07, 6.45) is 6.47. The van der Waals surface area contributed by atoms with E-state index in [-0.39, 0.29) is 22.9 Å². The van der Waals surface area contributed by atoms with Gasteiger partial charge in [0.2, 0.25) is 0 Å². The highest BCUT2D eigenvalue weighted by molar-refractivity contribution is 5.91. The van der Waals surface area contributed by atoms with Crippen molar-refractivity contribution in [3.05, 3.63) is 47.5 Å². The summed E-state index contributed by atoms with van der Waals surface area (Å²) < 4.78 is 44.6. The van der Waals surface area contributed by atoms with Crippen LogP contribution in [0.4, 0.5) is 8.78 Å². The first-order chi connectivity index (χ1) is 20.9. The van der Waals surface area contributed by atoms with Crippen molar-refractivity contribution < 1.29 is 32.6 Å². The number of allylic oxidation sites excluding steroid dienone is 1. The van der Waals surface area contributed by atoms with Crippen LogP contribution in [-0.4, -0.2) is 49.7 Å². The van der Waals surface area contributed by atoms with Crippen molar-refractivity contribution in [2.24, 2.45) is 40.4 Å². The van der Waals surface area contributed by atoms with Crippen LogP contribution in [0.25, 0.3) is 0 Å². The molecule has 5 rings (SSSR count). The molecule has 4 aliphatic carbocycles. The summed E-state index contributed by atoms with van der Waals surface area (Å²) in [7, 11) is 1.35. The number of esters is 2. The van der Waals surface area contributed by atoms with E-state index in [0.717, 1.165) is 38.5 Å². The highest BCUT2D eigenvalue weighted by Gasteiger charge is 2.59. The summed E-state index contributed by atoms with van der Waals surface area (Å²) >= 11 is 0. The number of fused-ring (bicyclic) bond motifs is 5. The van der Waals surface area contributed by atoms with Gasteiger partial charge in [-0.25, -0.2) is 18.4 Å². The number of hydrogen-bond donors (Lipinski definition) is 0. The van der Waals surface area contributed by atoms with Crippen LogP contribution in [0.3, 0.4) is 0 Å². The molecule has 12 atom stereocenters. The molecule has 1 aromatic rings. The molecule has 0 aliphatic heterocycles. The van der Waals surface area contributed by atoms with E-state index >= 15 is 0 Å². The van der Waals surface area contributed by atoms with Gasteiger partial charge in [0.05, 0.1) is 24.9 Å². The zero-order valence-electron chi connectivity index (χ0n) is 27.4. The number of hydrogen-bond acceptors (Lipinski definition) is 5. The lowest BCUT2D eigenvalue weighted by atomic mass is 9.47. The SMILES string of the molecule is COC(=O)C(C[C@@H](C)[C@H]1CC[C@H]2[C@@H]3CC=C4C[C@@H](OC(C)C(F)C(C)F)CC[C@]4(C)[C@H]3CC[C@]12C)OC(=O)c1ccccc1. The lowest BCUT2D eigenvalue weighted by Gasteiger charge is -2.58. The largest absolute Gasteiger partial charge is 0.466 e. The molecule has 44 heavy (non-hydrogen) atoms. The molecule has 0 bridgehead atoms. The average Bonchev–Trinajstić information content (AvgIpc) is 3.37. The first-order valence-electron chi connectivity index (χ1n) is 16.9. The molecule has 0 aromatic heterocycles. The third-order valence-electron chi connectivity index (χ3n) is 12.4. The van der Waals surface area contributed by atoms with E-state index in [9.17, 15) is 18.4 Å². The summed E-state index contributed by atoms with van der Waals surface area (Å²) in [5.41, 5.74) is 2.18.